The maximum absolute atomic E-state index is 11.1. The molecular weight excluding hydrogens is 214 g/mol. The van der Waals surface area contributed by atoms with Crippen LogP contribution in [0.2, 0.25) is 0 Å². The molecule has 0 bridgehead atoms. The molecule has 1 amide bonds. The van der Waals surface area contributed by atoms with Gasteiger partial charge in [0.05, 0.1) is 0 Å². The van der Waals surface area contributed by atoms with E-state index in [1.54, 1.807) is 7.05 Å². The van der Waals surface area contributed by atoms with Gasteiger partial charge in [0.2, 0.25) is 5.91 Å². The summed E-state index contributed by atoms with van der Waals surface area (Å²) < 4.78 is 2.23. The summed E-state index contributed by atoms with van der Waals surface area (Å²) in [4.78, 5) is 11.1. The van der Waals surface area contributed by atoms with E-state index in [0.29, 0.717) is 6.42 Å². The molecule has 0 unspecified atom stereocenters. The zero-order chi connectivity index (χ0) is 12.1. The van der Waals surface area contributed by atoms with Gasteiger partial charge in [0, 0.05) is 44.5 Å². The Morgan fingerprint density at radius 1 is 1.53 bits per heavy atom. The van der Waals surface area contributed by atoms with Crippen molar-refractivity contribution in [1.29, 1.82) is 0 Å². The van der Waals surface area contributed by atoms with Crippen LogP contribution in [0.25, 0.3) is 0 Å². The van der Waals surface area contributed by atoms with Crippen LogP contribution in [0.15, 0.2) is 18.3 Å². The molecule has 1 aliphatic rings. The normalized spacial score (nSPS) is 14.9. The summed E-state index contributed by atoms with van der Waals surface area (Å²) in [7, 11) is 1.68. The molecule has 94 valence electrons. The molecule has 1 fully saturated rings. The van der Waals surface area contributed by atoms with Crippen LogP contribution in [0.5, 0.6) is 0 Å². The van der Waals surface area contributed by atoms with Gasteiger partial charge in [0.15, 0.2) is 0 Å². The van der Waals surface area contributed by atoms with E-state index in [0.717, 1.165) is 25.6 Å². The minimum absolute atomic E-state index is 0.120. The SMILES string of the molecule is CNC(=O)CCCn1cccc1CNC1CC1. The molecule has 0 atom stereocenters. The Balaban J connectivity index is 1.74. The molecule has 0 saturated heterocycles. The molecule has 1 saturated carbocycles. The highest BCUT2D eigenvalue weighted by atomic mass is 16.1. The summed E-state index contributed by atoms with van der Waals surface area (Å²) in [6, 6.07) is 4.96. The molecule has 1 aromatic heterocycles. The van der Waals surface area contributed by atoms with Gasteiger partial charge in [-0.25, -0.2) is 0 Å². The second-order valence-electron chi connectivity index (χ2n) is 4.62. The molecule has 2 rings (SSSR count). The Kier molecular flexibility index (Phi) is 4.20. The Labute approximate surface area is 102 Å². The number of rotatable bonds is 7. The van der Waals surface area contributed by atoms with Gasteiger partial charge in [-0.05, 0) is 31.4 Å². The molecule has 0 spiro atoms. The average molecular weight is 235 g/mol. The first-order chi connectivity index (χ1) is 8.29. The maximum atomic E-state index is 11.1. The molecule has 4 heteroatoms. The Morgan fingerprint density at radius 2 is 2.35 bits per heavy atom. The highest BCUT2D eigenvalue weighted by Gasteiger charge is 2.20. The number of aryl methyl sites for hydroxylation is 1. The van der Waals surface area contributed by atoms with E-state index in [-0.39, 0.29) is 5.91 Å². The lowest BCUT2D eigenvalue weighted by molar-refractivity contribution is -0.120. The monoisotopic (exact) mass is 235 g/mol. The van der Waals surface area contributed by atoms with Crippen LogP contribution in [-0.2, 0) is 17.9 Å². The van der Waals surface area contributed by atoms with Gasteiger partial charge in [0.1, 0.15) is 0 Å². The zero-order valence-corrected chi connectivity index (χ0v) is 10.4. The van der Waals surface area contributed by atoms with Crippen LogP contribution in [0.3, 0.4) is 0 Å². The molecule has 2 N–H and O–H groups in total. The van der Waals surface area contributed by atoms with Crippen molar-refractivity contribution < 1.29 is 4.79 Å². The molecular formula is C13H21N3O. The van der Waals surface area contributed by atoms with E-state index in [2.05, 4.69) is 33.5 Å². The minimum atomic E-state index is 0.120. The first kappa shape index (κ1) is 12.2. The third-order valence-corrected chi connectivity index (χ3v) is 3.15. The molecule has 4 nitrogen and oxygen atoms in total. The Morgan fingerprint density at radius 3 is 3.06 bits per heavy atom. The van der Waals surface area contributed by atoms with Gasteiger partial charge in [-0.2, -0.15) is 0 Å². The fourth-order valence-corrected chi connectivity index (χ4v) is 1.90. The van der Waals surface area contributed by atoms with Crippen molar-refractivity contribution in [2.45, 2.75) is 44.8 Å². The predicted octanol–water partition coefficient (Wildman–Crippen LogP) is 1.27. The van der Waals surface area contributed by atoms with E-state index >= 15 is 0 Å². The zero-order valence-electron chi connectivity index (χ0n) is 10.4. The summed E-state index contributed by atoms with van der Waals surface area (Å²) in [6.45, 7) is 1.86. The third kappa shape index (κ3) is 3.89. The van der Waals surface area contributed by atoms with Crippen LogP contribution in [0, 0.1) is 0 Å². The number of aromatic nitrogens is 1. The first-order valence-corrected chi connectivity index (χ1v) is 6.37. The molecule has 1 aliphatic carbocycles. The highest BCUT2D eigenvalue weighted by Crippen LogP contribution is 2.19. The van der Waals surface area contributed by atoms with Crippen LogP contribution in [-0.4, -0.2) is 23.6 Å². The lowest BCUT2D eigenvalue weighted by Crippen LogP contribution is -2.19. The van der Waals surface area contributed by atoms with E-state index in [1.807, 2.05) is 0 Å². The fraction of sp³-hybridized carbons (Fsp3) is 0.615. The van der Waals surface area contributed by atoms with Crippen LogP contribution in [0.1, 0.15) is 31.4 Å². The first-order valence-electron chi connectivity index (χ1n) is 6.37. The lowest BCUT2D eigenvalue weighted by Gasteiger charge is -2.09. The van der Waals surface area contributed by atoms with Gasteiger partial charge in [-0.3, -0.25) is 4.79 Å². The van der Waals surface area contributed by atoms with Crippen LogP contribution >= 0.6 is 0 Å². The highest BCUT2D eigenvalue weighted by molar-refractivity contribution is 5.75. The van der Waals surface area contributed by atoms with Gasteiger partial charge >= 0.3 is 0 Å². The number of carbonyl (C=O) groups excluding carboxylic acids is 1. The van der Waals surface area contributed by atoms with E-state index < -0.39 is 0 Å². The van der Waals surface area contributed by atoms with Gasteiger partial charge in [-0.1, -0.05) is 0 Å². The quantitative estimate of drug-likeness (QED) is 0.747. The van der Waals surface area contributed by atoms with E-state index in [1.165, 1.54) is 18.5 Å². The number of carbonyl (C=O) groups is 1. The largest absolute Gasteiger partial charge is 0.359 e. The Hall–Kier alpha value is -1.29. The summed E-state index contributed by atoms with van der Waals surface area (Å²) >= 11 is 0. The number of nitrogens with one attached hydrogen (secondary N) is 2. The molecule has 0 aliphatic heterocycles. The molecule has 17 heavy (non-hydrogen) atoms. The van der Waals surface area contributed by atoms with E-state index in [4.69, 9.17) is 0 Å². The van der Waals surface area contributed by atoms with Crippen molar-refractivity contribution in [2.75, 3.05) is 7.05 Å². The summed E-state index contributed by atoms with van der Waals surface area (Å²) in [5.41, 5.74) is 1.31. The average Bonchev–Trinajstić information content (AvgIpc) is 3.07. The van der Waals surface area contributed by atoms with Crippen molar-refractivity contribution in [2.24, 2.45) is 0 Å². The summed E-state index contributed by atoms with van der Waals surface area (Å²) in [5, 5.41) is 6.16. The van der Waals surface area contributed by atoms with Gasteiger partial charge < -0.3 is 15.2 Å². The number of hydrogen-bond acceptors (Lipinski definition) is 2. The standard InChI is InChI=1S/C13H21N3O/c1-14-13(17)5-3-9-16-8-2-4-12(16)10-15-11-6-7-11/h2,4,8,11,15H,3,5-7,9-10H2,1H3,(H,14,17). The fourth-order valence-electron chi connectivity index (χ4n) is 1.90. The topological polar surface area (TPSA) is 46.1 Å². The van der Waals surface area contributed by atoms with E-state index in [9.17, 15) is 4.79 Å². The minimum Gasteiger partial charge on any atom is -0.359 e. The number of hydrogen-bond donors (Lipinski definition) is 2. The number of nitrogens with zero attached hydrogens (tertiary/aromatic N) is 1. The second kappa shape index (κ2) is 5.87. The predicted molar refractivity (Wildman–Crippen MR) is 67.6 cm³/mol. The lowest BCUT2D eigenvalue weighted by atomic mass is 10.3. The van der Waals surface area contributed by atoms with Crippen molar-refractivity contribution in [1.82, 2.24) is 15.2 Å². The Bertz CT molecular complexity index is 368. The van der Waals surface area contributed by atoms with Crippen LogP contribution in [0.4, 0.5) is 0 Å². The van der Waals surface area contributed by atoms with Gasteiger partial charge in [-0.15, -0.1) is 0 Å². The van der Waals surface area contributed by atoms with Gasteiger partial charge in [0.25, 0.3) is 0 Å². The van der Waals surface area contributed by atoms with Crippen molar-refractivity contribution in [3.8, 4) is 0 Å². The molecule has 0 radical (unpaired) electrons. The molecule has 1 aromatic rings. The van der Waals surface area contributed by atoms with Crippen molar-refractivity contribution in [3.05, 3.63) is 24.0 Å². The van der Waals surface area contributed by atoms with Crippen molar-refractivity contribution in [3.63, 3.8) is 0 Å². The maximum Gasteiger partial charge on any atom is 0.219 e. The third-order valence-electron chi connectivity index (χ3n) is 3.15. The smallest absolute Gasteiger partial charge is 0.219 e. The van der Waals surface area contributed by atoms with Crippen molar-refractivity contribution >= 4 is 5.91 Å². The molecule has 1 heterocycles. The van der Waals surface area contributed by atoms with Crippen LogP contribution < -0.4 is 10.6 Å². The summed E-state index contributed by atoms with van der Waals surface area (Å²) in [6.07, 6.45) is 6.22. The summed E-state index contributed by atoms with van der Waals surface area (Å²) in [5.74, 6) is 0.120. The second-order valence-corrected chi connectivity index (χ2v) is 4.62. The molecule has 0 aromatic carbocycles. The number of amides is 1.